The van der Waals surface area contributed by atoms with Crippen molar-refractivity contribution in [3.05, 3.63) is 0 Å². The highest BCUT2D eigenvalue weighted by Gasteiger charge is 2.21. The van der Waals surface area contributed by atoms with Gasteiger partial charge in [-0.3, -0.25) is 0 Å². The van der Waals surface area contributed by atoms with Crippen LogP contribution in [0.15, 0.2) is 0 Å². The highest BCUT2D eigenvalue weighted by Crippen LogP contribution is 2.21. The second-order valence-electron chi connectivity index (χ2n) is 4.00. The molecule has 0 saturated heterocycles. The van der Waals surface area contributed by atoms with Crippen molar-refractivity contribution in [1.82, 2.24) is 5.32 Å². The lowest BCUT2D eigenvalue weighted by atomic mass is 9.84. The molecule has 10 heavy (non-hydrogen) atoms. The molecule has 0 aliphatic heterocycles. The summed E-state index contributed by atoms with van der Waals surface area (Å²) in [5, 5.41) is 3.34. The summed E-state index contributed by atoms with van der Waals surface area (Å²) in [4.78, 5) is 0. The first-order chi connectivity index (χ1) is 4.52. The summed E-state index contributed by atoms with van der Waals surface area (Å²) in [7, 11) is 2.05. The van der Waals surface area contributed by atoms with Gasteiger partial charge in [0.15, 0.2) is 0 Å². The van der Waals surface area contributed by atoms with E-state index >= 15 is 0 Å². The van der Waals surface area contributed by atoms with E-state index in [-0.39, 0.29) is 0 Å². The van der Waals surface area contributed by atoms with Gasteiger partial charge >= 0.3 is 0 Å². The third-order valence-electron chi connectivity index (χ3n) is 1.97. The summed E-state index contributed by atoms with van der Waals surface area (Å²) in [5.41, 5.74) is 0.408. The monoisotopic (exact) mass is 143 g/mol. The molecule has 1 N–H and O–H groups in total. The zero-order valence-electron chi connectivity index (χ0n) is 7.99. The minimum atomic E-state index is 0.408. The van der Waals surface area contributed by atoms with E-state index in [1.54, 1.807) is 0 Å². The quantitative estimate of drug-likeness (QED) is 0.640. The SMILES string of the molecule is CCC[C@H](NC)C(C)(C)C. The van der Waals surface area contributed by atoms with Crippen molar-refractivity contribution in [2.75, 3.05) is 7.05 Å². The highest BCUT2D eigenvalue weighted by atomic mass is 14.9. The molecule has 0 bridgehead atoms. The largest absolute Gasteiger partial charge is 0.316 e. The van der Waals surface area contributed by atoms with Crippen LogP contribution in [-0.4, -0.2) is 13.1 Å². The van der Waals surface area contributed by atoms with Gasteiger partial charge < -0.3 is 5.32 Å². The van der Waals surface area contributed by atoms with E-state index in [0.717, 1.165) is 0 Å². The molecule has 0 aromatic carbocycles. The minimum Gasteiger partial charge on any atom is -0.316 e. The molecule has 0 spiro atoms. The van der Waals surface area contributed by atoms with E-state index in [9.17, 15) is 0 Å². The summed E-state index contributed by atoms with van der Waals surface area (Å²) in [6.07, 6.45) is 2.54. The Kier molecular flexibility index (Phi) is 3.95. The Hall–Kier alpha value is -0.0400. The number of hydrogen-bond donors (Lipinski definition) is 1. The average molecular weight is 143 g/mol. The Labute approximate surface area is 65.2 Å². The van der Waals surface area contributed by atoms with Crippen LogP contribution in [0.4, 0.5) is 0 Å². The van der Waals surface area contributed by atoms with Gasteiger partial charge in [-0.2, -0.15) is 0 Å². The summed E-state index contributed by atoms with van der Waals surface area (Å²) in [6.45, 7) is 9.08. The van der Waals surface area contributed by atoms with Crippen molar-refractivity contribution in [3.8, 4) is 0 Å². The van der Waals surface area contributed by atoms with Gasteiger partial charge in [0, 0.05) is 6.04 Å². The van der Waals surface area contributed by atoms with Gasteiger partial charge in [-0.25, -0.2) is 0 Å². The lowest BCUT2D eigenvalue weighted by Gasteiger charge is -2.30. The molecule has 0 rings (SSSR count). The Balaban J connectivity index is 3.81. The fourth-order valence-electron chi connectivity index (χ4n) is 1.30. The zero-order valence-corrected chi connectivity index (χ0v) is 7.99. The highest BCUT2D eigenvalue weighted by molar-refractivity contribution is 4.78. The predicted octanol–water partition coefficient (Wildman–Crippen LogP) is 2.42. The molecule has 1 heteroatoms. The molecule has 1 nitrogen and oxygen atoms in total. The predicted molar refractivity (Wildman–Crippen MR) is 47.2 cm³/mol. The first-order valence-electron chi connectivity index (χ1n) is 4.19. The van der Waals surface area contributed by atoms with Crippen LogP contribution in [0, 0.1) is 5.41 Å². The molecule has 0 fully saturated rings. The van der Waals surface area contributed by atoms with Crippen LogP contribution in [-0.2, 0) is 0 Å². The molecule has 0 aliphatic carbocycles. The first-order valence-corrected chi connectivity index (χ1v) is 4.19. The third-order valence-corrected chi connectivity index (χ3v) is 1.97. The minimum absolute atomic E-state index is 0.408. The van der Waals surface area contributed by atoms with E-state index in [0.29, 0.717) is 11.5 Å². The van der Waals surface area contributed by atoms with Gasteiger partial charge in [-0.05, 0) is 18.9 Å². The molecular weight excluding hydrogens is 122 g/mol. The maximum absolute atomic E-state index is 3.34. The van der Waals surface area contributed by atoms with Gasteiger partial charge in [0.25, 0.3) is 0 Å². The van der Waals surface area contributed by atoms with E-state index < -0.39 is 0 Å². The summed E-state index contributed by atoms with van der Waals surface area (Å²) in [6, 6.07) is 0.664. The number of hydrogen-bond acceptors (Lipinski definition) is 1. The maximum atomic E-state index is 3.34. The maximum Gasteiger partial charge on any atom is 0.0112 e. The molecule has 62 valence electrons. The Bertz CT molecular complexity index is 81.2. The van der Waals surface area contributed by atoms with Crippen LogP contribution in [0.25, 0.3) is 0 Å². The molecule has 0 unspecified atom stereocenters. The van der Waals surface area contributed by atoms with Crippen LogP contribution in [0.5, 0.6) is 0 Å². The molecule has 0 radical (unpaired) electrons. The van der Waals surface area contributed by atoms with Crippen molar-refractivity contribution in [1.29, 1.82) is 0 Å². The number of rotatable bonds is 3. The molecule has 0 saturated carbocycles. The third kappa shape index (κ3) is 3.21. The fourth-order valence-corrected chi connectivity index (χ4v) is 1.30. The summed E-state index contributed by atoms with van der Waals surface area (Å²) < 4.78 is 0. The van der Waals surface area contributed by atoms with E-state index in [2.05, 4.69) is 33.0 Å². The van der Waals surface area contributed by atoms with Crippen LogP contribution in [0.3, 0.4) is 0 Å². The smallest absolute Gasteiger partial charge is 0.0112 e. The van der Waals surface area contributed by atoms with Crippen molar-refractivity contribution >= 4 is 0 Å². The standard InChI is InChI=1S/C9H21N/c1-6-7-8(10-5)9(2,3)4/h8,10H,6-7H2,1-5H3/t8-/m0/s1. The lowest BCUT2D eigenvalue weighted by Crippen LogP contribution is -2.37. The molecule has 0 heterocycles. The Morgan fingerprint density at radius 2 is 1.80 bits per heavy atom. The normalized spacial score (nSPS) is 15.3. The summed E-state index contributed by atoms with van der Waals surface area (Å²) >= 11 is 0. The van der Waals surface area contributed by atoms with Crippen LogP contribution in [0.1, 0.15) is 40.5 Å². The number of nitrogens with one attached hydrogen (secondary N) is 1. The summed E-state index contributed by atoms with van der Waals surface area (Å²) in [5.74, 6) is 0. The van der Waals surface area contributed by atoms with Gasteiger partial charge in [-0.15, -0.1) is 0 Å². The fraction of sp³-hybridized carbons (Fsp3) is 1.00. The van der Waals surface area contributed by atoms with Gasteiger partial charge in [0.05, 0.1) is 0 Å². The molecule has 1 atom stereocenters. The molecule has 0 aromatic rings. The van der Waals surface area contributed by atoms with E-state index in [1.807, 2.05) is 7.05 Å². The second-order valence-corrected chi connectivity index (χ2v) is 4.00. The zero-order chi connectivity index (χ0) is 8.20. The van der Waals surface area contributed by atoms with Gasteiger partial charge in [0.1, 0.15) is 0 Å². The molecule has 0 aromatic heterocycles. The topological polar surface area (TPSA) is 12.0 Å². The molecular formula is C9H21N. The lowest BCUT2D eigenvalue weighted by molar-refractivity contribution is 0.266. The van der Waals surface area contributed by atoms with E-state index in [4.69, 9.17) is 0 Å². The Morgan fingerprint density at radius 1 is 1.30 bits per heavy atom. The van der Waals surface area contributed by atoms with Crippen LogP contribution < -0.4 is 5.32 Å². The Morgan fingerprint density at radius 3 is 1.90 bits per heavy atom. The first kappa shape index (κ1) is 9.96. The van der Waals surface area contributed by atoms with Crippen molar-refractivity contribution in [2.45, 2.75) is 46.6 Å². The second kappa shape index (κ2) is 3.97. The molecule has 0 aliphatic rings. The van der Waals surface area contributed by atoms with Gasteiger partial charge in [0.2, 0.25) is 0 Å². The van der Waals surface area contributed by atoms with Crippen LogP contribution >= 0.6 is 0 Å². The van der Waals surface area contributed by atoms with Crippen molar-refractivity contribution in [3.63, 3.8) is 0 Å². The van der Waals surface area contributed by atoms with Gasteiger partial charge in [-0.1, -0.05) is 34.1 Å². The average Bonchev–Trinajstić information content (AvgIpc) is 1.80. The van der Waals surface area contributed by atoms with Crippen molar-refractivity contribution in [2.24, 2.45) is 5.41 Å². The molecule has 0 amide bonds. The van der Waals surface area contributed by atoms with Crippen LogP contribution in [0.2, 0.25) is 0 Å². The van der Waals surface area contributed by atoms with Crippen molar-refractivity contribution < 1.29 is 0 Å². The van der Waals surface area contributed by atoms with E-state index in [1.165, 1.54) is 12.8 Å².